The number of Topliss-reactive ketones (excluding diaryl/α,β-unsaturated/α-hetero) is 2. The van der Waals surface area contributed by atoms with Crippen LogP contribution in [-0.2, 0) is 15.3 Å². The van der Waals surface area contributed by atoms with Crippen LogP contribution in [0.4, 0.5) is 5.69 Å². The summed E-state index contributed by atoms with van der Waals surface area (Å²) >= 11 is 3.47. The van der Waals surface area contributed by atoms with Crippen LogP contribution in [0.3, 0.4) is 0 Å². The Morgan fingerprint density at radius 2 is 1.84 bits per heavy atom. The third-order valence-electron chi connectivity index (χ3n) is 6.81. The molecule has 2 aliphatic carbocycles. The van der Waals surface area contributed by atoms with Gasteiger partial charge in [0.2, 0.25) is 11.6 Å². The molecule has 0 amide bonds. The highest BCUT2D eigenvalue weighted by Gasteiger charge is 2.81. The van der Waals surface area contributed by atoms with Crippen LogP contribution in [0.5, 0.6) is 0 Å². The Hall–Kier alpha value is -3.37. The number of halogens is 1. The zero-order valence-electron chi connectivity index (χ0n) is 16.3. The first-order chi connectivity index (χ1) is 15.0. The molecule has 2 heterocycles. The largest absolute Gasteiger partial charge is 0.446 e. The Labute approximate surface area is 186 Å². The summed E-state index contributed by atoms with van der Waals surface area (Å²) in [5.74, 6) is -0.530. The number of ether oxygens (including phenoxy) is 1. The van der Waals surface area contributed by atoms with Crippen molar-refractivity contribution in [1.29, 1.82) is 5.26 Å². The van der Waals surface area contributed by atoms with E-state index in [-0.39, 0.29) is 23.0 Å². The fourth-order valence-corrected chi connectivity index (χ4v) is 6.08. The van der Waals surface area contributed by atoms with Crippen molar-refractivity contribution in [2.75, 3.05) is 4.90 Å². The zero-order chi connectivity index (χ0) is 21.5. The number of ketones is 2. The summed E-state index contributed by atoms with van der Waals surface area (Å²) in [6.45, 7) is 0. The summed E-state index contributed by atoms with van der Waals surface area (Å²) in [5, 5.41) is 10.1. The van der Waals surface area contributed by atoms with Gasteiger partial charge in [-0.25, -0.2) is 0 Å². The van der Waals surface area contributed by atoms with Crippen molar-refractivity contribution in [3.8, 4) is 6.07 Å². The number of nitriles is 1. The van der Waals surface area contributed by atoms with Crippen molar-refractivity contribution in [2.45, 2.75) is 25.0 Å². The quantitative estimate of drug-likeness (QED) is 0.671. The number of hydrogen-bond donors (Lipinski definition) is 1. The van der Waals surface area contributed by atoms with Gasteiger partial charge in [0.1, 0.15) is 11.6 Å². The average molecular weight is 474 g/mol. The smallest absolute Gasteiger partial charge is 0.238 e. The van der Waals surface area contributed by atoms with Gasteiger partial charge in [0, 0.05) is 39.0 Å². The van der Waals surface area contributed by atoms with Gasteiger partial charge < -0.3 is 15.4 Å². The molecule has 0 fully saturated rings. The van der Waals surface area contributed by atoms with Crippen LogP contribution in [0.2, 0.25) is 0 Å². The van der Waals surface area contributed by atoms with Crippen LogP contribution in [0.1, 0.15) is 35.2 Å². The number of carbonyl (C=O) groups is 2. The van der Waals surface area contributed by atoms with Gasteiger partial charge in [-0.15, -0.1) is 0 Å². The molecule has 0 saturated heterocycles. The van der Waals surface area contributed by atoms with Crippen LogP contribution in [0.15, 0.2) is 75.7 Å². The van der Waals surface area contributed by atoms with Gasteiger partial charge in [0.05, 0.1) is 0 Å². The molecule has 0 bridgehead atoms. The van der Waals surface area contributed by atoms with Crippen molar-refractivity contribution in [3.63, 3.8) is 0 Å². The molecule has 2 aliphatic heterocycles. The molecule has 152 valence electrons. The molecule has 6 rings (SSSR count). The molecule has 2 aromatic rings. The minimum Gasteiger partial charge on any atom is -0.446 e. The van der Waals surface area contributed by atoms with Crippen LogP contribution in [0, 0.1) is 16.7 Å². The maximum Gasteiger partial charge on any atom is 0.238 e. The first-order valence-corrected chi connectivity index (χ1v) is 10.8. The number of carbonyl (C=O) groups excluding carboxylic acids is 2. The first kappa shape index (κ1) is 18.4. The summed E-state index contributed by atoms with van der Waals surface area (Å²) in [5.41, 5.74) is 6.18. The van der Waals surface area contributed by atoms with Gasteiger partial charge in [-0.2, -0.15) is 5.26 Å². The lowest BCUT2D eigenvalue weighted by atomic mass is 9.66. The van der Waals surface area contributed by atoms with E-state index in [4.69, 9.17) is 10.5 Å². The molecule has 2 atom stereocenters. The second kappa shape index (κ2) is 5.86. The highest BCUT2D eigenvalue weighted by Crippen LogP contribution is 2.72. The predicted molar refractivity (Wildman–Crippen MR) is 115 cm³/mol. The monoisotopic (exact) mass is 473 g/mol. The number of allylic oxidation sites excluding steroid dienone is 1. The summed E-state index contributed by atoms with van der Waals surface area (Å²) < 4.78 is 7.26. The summed E-state index contributed by atoms with van der Waals surface area (Å²) in [7, 11) is 0. The van der Waals surface area contributed by atoms with E-state index in [2.05, 4.69) is 22.0 Å². The molecule has 0 radical (unpaired) electrons. The Morgan fingerprint density at radius 3 is 2.58 bits per heavy atom. The van der Waals surface area contributed by atoms with Crippen molar-refractivity contribution in [3.05, 3.63) is 86.9 Å². The van der Waals surface area contributed by atoms with Gasteiger partial charge in [-0.1, -0.05) is 40.2 Å². The first-order valence-electron chi connectivity index (χ1n) is 10.0. The molecule has 2 N–H and O–H groups in total. The number of nitrogens with two attached hydrogens (primary N) is 1. The summed E-state index contributed by atoms with van der Waals surface area (Å²) in [6.07, 6.45) is 1.61. The van der Waals surface area contributed by atoms with E-state index in [1.54, 1.807) is 12.1 Å². The number of hydrogen-bond acceptors (Lipinski definition) is 6. The van der Waals surface area contributed by atoms with Gasteiger partial charge in [-0.05, 0) is 37.1 Å². The molecule has 0 spiro atoms. The fourth-order valence-electron chi connectivity index (χ4n) is 5.82. The predicted octanol–water partition coefficient (Wildman–Crippen LogP) is 4.04. The molecule has 0 aromatic heterocycles. The zero-order valence-corrected chi connectivity index (χ0v) is 17.9. The van der Waals surface area contributed by atoms with Crippen molar-refractivity contribution in [1.82, 2.24) is 0 Å². The van der Waals surface area contributed by atoms with E-state index in [0.29, 0.717) is 36.0 Å². The lowest BCUT2D eigenvalue weighted by Crippen LogP contribution is -2.52. The van der Waals surface area contributed by atoms with Crippen molar-refractivity contribution < 1.29 is 14.3 Å². The summed E-state index contributed by atoms with van der Waals surface area (Å²) in [6, 6.07) is 16.9. The number of anilines is 1. The third-order valence-corrected chi connectivity index (χ3v) is 7.33. The topological polar surface area (TPSA) is 96.4 Å². The van der Waals surface area contributed by atoms with E-state index >= 15 is 0 Å². The molecule has 0 unspecified atom stereocenters. The Bertz CT molecular complexity index is 1320. The van der Waals surface area contributed by atoms with Gasteiger partial charge in [-0.3, -0.25) is 9.59 Å². The molecule has 31 heavy (non-hydrogen) atoms. The number of nitrogens with zero attached hydrogens (tertiary/aromatic N) is 2. The molecule has 4 aliphatic rings. The van der Waals surface area contributed by atoms with Crippen LogP contribution in [0.25, 0.3) is 0 Å². The number of rotatable bonds is 1. The lowest BCUT2D eigenvalue weighted by molar-refractivity contribution is -0.117. The van der Waals surface area contributed by atoms with Gasteiger partial charge in [0.15, 0.2) is 17.0 Å². The molecule has 2 aromatic carbocycles. The Kier molecular flexibility index (Phi) is 3.48. The van der Waals surface area contributed by atoms with Crippen molar-refractivity contribution in [2.24, 2.45) is 11.1 Å². The van der Waals surface area contributed by atoms with E-state index in [1.165, 1.54) is 0 Å². The Balaban J connectivity index is 1.79. The molecular formula is C24H16BrN3O3. The van der Waals surface area contributed by atoms with E-state index in [1.807, 2.05) is 41.3 Å². The third kappa shape index (κ3) is 1.84. The van der Waals surface area contributed by atoms with E-state index in [0.717, 1.165) is 15.9 Å². The lowest BCUT2D eigenvalue weighted by Gasteiger charge is -2.41. The SMILES string of the molecule is N#CC1=C(N)O[C@@]23c4ccccc4C(=O)[C@@]12C1=C(CCCC1=O)N3c1ccc(Br)cc1. The molecule has 0 saturated carbocycles. The average Bonchev–Trinajstić information content (AvgIpc) is 3.26. The second-order valence-corrected chi connectivity index (χ2v) is 9.05. The maximum absolute atomic E-state index is 14.1. The van der Waals surface area contributed by atoms with Crippen LogP contribution in [-0.4, -0.2) is 11.6 Å². The van der Waals surface area contributed by atoms with Crippen molar-refractivity contribution >= 4 is 33.2 Å². The minimum atomic E-state index is -1.59. The fraction of sp³-hybridized carbons (Fsp3) is 0.208. The van der Waals surface area contributed by atoms with E-state index < -0.39 is 11.1 Å². The minimum absolute atomic E-state index is 0.0241. The van der Waals surface area contributed by atoms with E-state index in [9.17, 15) is 14.9 Å². The highest BCUT2D eigenvalue weighted by atomic mass is 79.9. The number of fused-ring (bicyclic) bond motifs is 1. The molecular weight excluding hydrogens is 458 g/mol. The number of benzene rings is 2. The van der Waals surface area contributed by atoms with Crippen LogP contribution >= 0.6 is 15.9 Å². The van der Waals surface area contributed by atoms with Gasteiger partial charge >= 0.3 is 0 Å². The molecule has 7 heteroatoms. The molecule has 6 nitrogen and oxygen atoms in total. The van der Waals surface area contributed by atoms with Crippen LogP contribution < -0.4 is 10.6 Å². The maximum atomic E-state index is 14.1. The Morgan fingerprint density at radius 1 is 1.10 bits per heavy atom. The second-order valence-electron chi connectivity index (χ2n) is 8.13. The highest BCUT2D eigenvalue weighted by molar-refractivity contribution is 9.10. The van der Waals surface area contributed by atoms with Gasteiger partial charge in [0.25, 0.3) is 0 Å². The summed E-state index contributed by atoms with van der Waals surface area (Å²) in [4.78, 5) is 29.4. The standard InChI is InChI=1S/C24H16BrN3O3/c25-13-8-10-14(11-9-13)28-18-6-3-7-19(29)20(18)23-17(12-26)22(27)31-24(23,28)16-5-2-1-4-15(16)21(23)30/h1-2,4-5,8-11H,3,6-7,27H2/t23-,24-/m0/s1. The normalized spacial score (nSPS) is 28.2.